The van der Waals surface area contributed by atoms with Crippen molar-refractivity contribution in [2.45, 2.75) is 0 Å². The maximum Gasteiger partial charge on any atom is 0.220 e. The molecular weight excluding hydrogens is 266 g/mol. The molecule has 0 saturated heterocycles. The van der Waals surface area contributed by atoms with Crippen molar-refractivity contribution >= 4 is 11.5 Å². The number of nitrogens with zero attached hydrogens (tertiary/aromatic N) is 4. The highest BCUT2D eigenvalue weighted by molar-refractivity contribution is 5.71. The van der Waals surface area contributed by atoms with Crippen molar-refractivity contribution in [1.29, 1.82) is 0 Å². The molecule has 0 spiro atoms. The molecule has 21 heavy (non-hydrogen) atoms. The van der Waals surface area contributed by atoms with E-state index in [1.165, 1.54) is 0 Å². The average Bonchev–Trinajstić information content (AvgIpc) is 3.17. The lowest BCUT2D eigenvalue weighted by Gasteiger charge is -2.04. The van der Waals surface area contributed by atoms with Gasteiger partial charge in [-0.1, -0.05) is 35.5 Å². The number of nitrogens with two attached hydrogens (primary N) is 1. The molecule has 4 aromatic rings. The van der Waals surface area contributed by atoms with Crippen molar-refractivity contribution in [2.24, 2.45) is 0 Å². The maximum absolute atomic E-state index is 6.08. The molecule has 0 unspecified atom stereocenters. The van der Waals surface area contributed by atoms with Gasteiger partial charge in [-0.25, -0.2) is 4.98 Å². The topological polar surface area (TPSA) is 82.2 Å². The lowest BCUT2D eigenvalue weighted by molar-refractivity contribution is 0.429. The van der Waals surface area contributed by atoms with Gasteiger partial charge in [0, 0.05) is 6.07 Å². The van der Waals surface area contributed by atoms with Gasteiger partial charge in [-0.15, -0.1) is 5.10 Å². The van der Waals surface area contributed by atoms with Crippen LogP contribution in [0.25, 0.3) is 28.4 Å². The molecule has 0 aliphatic heterocycles. The fraction of sp³-hybridized carbons (Fsp3) is 0. The van der Waals surface area contributed by atoms with E-state index in [1.54, 1.807) is 16.8 Å². The third kappa shape index (κ3) is 1.93. The molecule has 1 aromatic carbocycles. The van der Waals surface area contributed by atoms with Gasteiger partial charge in [-0.05, 0) is 23.3 Å². The van der Waals surface area contributed by atoms with Gasteiger partial charge in [-0.2, -0.15) is 4.52 Å². The Morgan fingerprint density at radius 2 is 1.86 bits per heavy atom. The van der Waals surface area contributed by atoms with Gasteiger partial charge in [0.05, 0.1) is 6.20 Å². The minimum atomic E-state index is 0.462. The highest BCUT2D eigenvalue weighted by Gasteiger charge is 2.12. The first-order valence-electron chi connectivity index (χ1n) is 6.44. The molecule has 0 aliphatic rings. The van der Waals surface area contributed by atoms with Crippen molar-refractivity contribution < 1.29 is 4.52 Å². The summed E-state index contributed by atoms with van der Waals surface area (Å²) in [7, 11) is 0. The highest BCUT2D eigenvalue weighted by Crippen LogP contribution is 2.24. The van der Waals surface area contributed by atoms with Crippen molar-refractivity contribution in [3.8, 4) is 22.7 Å². The van der Waals surface area contributed by atoms with Crippen molar-refractivity contribution in [2.75, 3.05) is 5.73 Å². The predicted molar refractivity (Wildman–Crippen MR) is 78.3 cm³/mol. The number of nitrogen functional groups attached to an aromatic ring is 1. The van der Waals surface area contributed by atoms with Crippen LogP contribution >= 0.6 is 0 Å². The van der Waals surface area contributed by atoms with Gasteiger partial charge >= 0.3 is 0 Å². The van der Waals surface area contributed by atoms with Crippen LogP contribution in [0.2, 0.25) is 0 Å². The number of hydrogen-bond acceptors (Lipinski definition) is 5. The summed E-state index contributed by atoms with van der Waals surface area (Å²) in [5.41, 5.74) is 8.82. The van der Waals surface area contributed by atoms with Crippen LogP contribution in [-0.4, -0.2) is 19.8 Å². The quantitative estimate of drug-likeness (QED) is 0.609. The highest BCUT2D eigenvalue weighted by atomic mass is 16.5. The van der Waals surface area contributed by atoms with E-state index in [9.17, 15) is 0 Å². The Labute approximate surface area is 119 Å². The lowest BCUT2D eigenvalue weighted by atomic mass is 10.1. The van der Waals surface area contributed by atoms with Crippen LogP contribution < -0.4 is 5.73 Å². The Morgan fingerprint density at radius 1 is 1.00 bits per heavy atom. The summed E-state index contributed by atoms with van der Waals surface area (Å²) in [6.45, 7) is 0. The third-order valence-electron chi connectivity index (χ3n) is 3.23. The van der Waals surface area contributed by atoms with E-state index in [2.05, 4.69) is 15.2 Å². The molecule has 3 heterocycles. The van der Waals surface area contributed by atoms with Gasteiger partial charge in [0.1, 0.15) is 5.82 Å². The Bertz CT molecular complexity index is 897. The first kappa shape index (κ1) is 11.7. The molecule has 0 radical (unpaired) electrons. The number of pyridine rings is 1. The van der Waals surface area contributed by atoms with Crippen LogP contribution in [0.5, 0.6) is 0 Å². The molecule has 0 atom stereocenters. The first-order valence-corrected chi connectivity index (χ1v) is 6.44. The Hall–Kier alpha value is -3.15. The van der Waals surface area contributed by atoms with Gasteiger partial charge in [0.2, 0.25) is 11.6 Å². The summed E-state index contributed by atoms with van der Waals surface area (Å²) < 4.78 is 6.66. The molecular formula is C15H11N5O. The number of aromatic nitrogens is 4. The van der Waals surface area contributed by atoms with E-state index in [-0.39, 0.29) is 0 Å². The Kier molecular flexibility index (Phi) is 2.47. The van der Waals surface area contributed by atoms with Gasteiger partial charge in [0.25, 0.3) is 0 Å². The Balaban J connectivity index is 1.90. The summed E-state index contributed by atoms with van der Waals surface area (Å²) in [5.74, 6) is 1.49. The molecule has 2 N–H and O–H groups in total. The second-order valence-corrected chi connectivity index (χ2v) is 4.62. The second kappa shape index (κ2) is 4.45. The minimum absolute atomic E-state index is 0.462. The molecule has 0 aliphatic carbocycles. The maximum atomic E-state index is 6.08. The van der Waals surface area contributed by atoms with Crippen molar-refractivity contribution in [3.63, 3.8) is 0 Å². The molecule has 6 nitrogen and oxygen atoms in total. The van der Waals surface area contributed by atoms with Crippen molar-refractivity contribution in [3.05, 3.63) is 54.7 Å². The summed E-state index contributed by atoms with van der Waals surface area (Å²) in [6.07, 6.45) is 1.56. The molecule has 0 amide bonds. The molecule has 0 saturated carbocycles. The number of benzene rings is 1. The molecule has 3 aromatic heterocycles. The van der Waals surface area contributed by atoms with E-state index in [4.69, 9.17) is 10.3 Å². The minimum Gasteiger partial charge on any atom is -0.384 e. The van der Waals surface area contributed by atoms with E-state index in [0.29, 0.717) is 23.0 Å². The van der Waals surface area contributed by atoms with E-state index >= 15 is 0 Å². The largest absolute Gasteiger partial charge is 0.384 e. The zero-order valence-electron chi connectivity index (χ0n) is 11.0. The summed E-state index contributed by atoms with van der Waals surface area (Å²) in [4.78, 5) is 4.44. The van der Waals surface area contributed by atoms with Crippen LogP contribution in [-0.2, 0) is 0 Å². The van der Waals surface area contributed by atoms with Crippen LogP contribution in [0.4, 0.5) is 5.82 Å². The molecule has 0 bridgehead atoms. The van der Waals surface area contributed by atoms with E-state index in [1.807, 2.05) is 42.5 Å². The average molecular weight is 277 g/mol. The SMILES string of the molecule is Nc1cc(-c2ccccc2)cc2nc(-c3ccno3)nn12. The fourth-order valence-corrected chi connectivity index (χ4v) is 2.24. The smallest absolute Gasteiger partial charge is 0.220 e. The fourth-order valence-electron chi connectivity index (χ4n) is 2.24. The van der Waals surface area contributed by atoms with Gasteiger partial charge in [0.15, 0.2) is 5.65 Å². The standard InChI is InChI=1S/C15H11N5O/c16-13-8-11(10-4-2-1-3-5-10)9-14-18-15(19-20(13)14)12-6-7-17-21-12/h1-9H,16H2. The predicted octanol–water partition coefficient (Wildman–Crippen LogP) is 2.63. The lowest BCUT2D eigenvalue weighted by Crippen LogP contribution is -1.98. The number of rotatable bonds is 2. The molecule has 4 rings (SSSR count). The zero-order chi connectivity index (χ0) is 14.2. The van der Waals surface area contributed by atoms with Gasteiger partial charge < -0.3 is 10.3 Å². The third-order valence-corrected chi connectivity index (χ3v) is 3.23. The van der Waals surface area contributed by atoms with Crippen LogP contribution in [0.3, 0.4) is 0 Å². The second-order valence-electron chi connectivity index (χ2n) is 4.62. The zero-order valence-corrected chi connectivity index (χ0v) is 11.0. The number of hydrogen-bond donors (Lipinski definition) is 1. The summed E-state index contributed by atoms with van der Waals surface area (Å²) >= 11 is 0. The molecule has 0 fully saturated rings. The molecule has 102 valence electrons. The van der Waals surface area contributed by atoms with Crippen LogP contribution in [0.15, 0.2) is 59.3 Å². The Morgan fingerprint density at radius 3 is 2.62 bits per heavy atom. The summed E-state index contributed by atoms with van der Waals surface area (Å²) in [6, 6.07) is 15.5. The first-order chi connectivity index (χ1) is 10.3. The normalized spacial score (nSPS) is 11.0. The van der Waals surface area contributed by atoms with Gasteiger partial charge in [-0.3, -0.25) is 0 Å². The number of anilines is 1. The van der Waals surface area contributed by atoms with Crippen LogP contribution in [0, 0.1) is 0 Å². The van der Waals surface area contributed by atoms with Crippen LogP contribution in [0.1, 0.15) is 0 Å². The monoisotopic (exact) mass is 277 g/mol. The summed E-state index contributed by atoms with van der Waals surface area (Å²) in [5, 5.41) is 8.00. The van der Waals surface area contributed by atoms with E-state index in [0.717, 1.165) is 11.1 Å². The number of fused-ring (bicyclic) bond motifs is 1. The van der Waals surface area contributed by atoms with E-state index < -0.39 is 0 Å². The molecule has 6 heteroatoms. The van der Waals surface area contributed by atoms with Crippen molar-refractivity contribution in [1.82, 2.24) is 19.8 Å².